The molecule has 7 nitrogen and oxygen atoms in total. The van der Waals surface area contributed by atoms with E-state index in [9.17, 15) is 4.39 Å². The lowest BCUT2D eigenvalue weighted by Crippen LogP contribution is -2.37. The minimum absolute atomic E-state index is 0.0927. The van der Waals surface area contributed by atoms with Gasteiger partial charge in [0.25, 0.3) is 0 Å². The van der Waals surface area contributed by atoms with Crippen molar-refractivity contribution in [3.8, 4) is 17.4 Å². The van der Waals surface area contributed by atoms with Gasteiger partial charge in [-0.05, 0) is 24.6 Å². The van der Waals surface area contributed by atoms with Crippen LogP contribution in [-0.2, 0) is 4.74 Å². The van der Waals surface area contributed by atoms with E-state index in [0.717, 1.165) is 39.3 Å². The maximum Gasteiger partial charge on any atom is 0.215 e. The molecule has 2 aromatic heterocycles. The molecule has 0 unspecified atom stereocenters. The Hall–Kier alpha value is -2.97. The quantitative estimate of drug-likeness (QED) is 0.483. The van der Waals surface area contributed by atoms with E-state index in [4.69, 9.17) is 19.9 Å². The highest BCUT2D eigenvalue weighted by Gasteiger charge is 2.11. The highest BCUT2D eigenvalue weighted by atomic mass is 19.1. The lowest BCUT2D eigenvalue weighted by atomic mass is 10.2. The standard InChI is InChI=1S/C21H23FN4O3/c22-17-12-15(23)2-3-20(17)29-19-4-5-24-18-13-21(25-14-16(18)19)28-9-1-6-26-7-10-27-11-8-26/h2-5,12-14H,1,6-11,23H2. The van der Waals surface area contributed by atoms with Gasteiger partial charge in [0.05, 0.1) is 30.7 Å². The smallest absolute Gasteiger partial charge is 0.215 e. The third-order valence-electron chi connectivity index (χ3n) is 4.71. The number of fused-ring (bicyclic) bond motifs is 1. The molecule has 1 fully saturated rings. The number of ether oxygens (including phenoxy) is 3. The summed E-state index contributed by atoms with van der Waals surface area (Å²) in [6, 6.07) is 7.73. The molecule has 0 bridgehead atoms. The first-order valence-electron chi connectivity index (χ1n) is 9.59. The molecule has 0 radical (unpaired) electrons. The summed E-state index contributed by atoms with van der Waals surface area (Å²) in [6.45, 7) is 5.07. The van der Waals surface area contributed by atoms with Gasteiger partial charge in [-0.3, -0.25) is 9.88 Å². The number of nitrogen functional groups attached to an aromatic ring is 1. The van der Waals surface area contributed by atoms with Crippen molar-refractivity contribution in [3.63, 3.8) is 0 Å². The molecule has 1 saturated heterocycles. The van der Waals surface area contributed by atoms with Gasteiger partial charge in [0, 0.05) is 49.8 Å². The number of pyridine rings is 2. The Kier molecular flexibility index (Phi) is 6.02. The fraction of sp³-hybridized carbons (Fsp3) is 0.333. The van der Waals surface area contributed by atoms with Gasteiger partial charge in [0.1, 0.15) is 5.75 Å². The molecule has 0 atom stereocenters. The molecular formula is C21H23FN4O3. The number of hydrogen-bond acceptors (Lipinski definition) is 7. The molecule has 3 heterocycles. The fourth-order valence-electron chi connectivity index (χ4n) is 3.17. The predicted octanol–water partition coefficient (Wildman–Crippen LogP) is 3.24. The SMILES string of the molecule is Nc1ccc(Oc2ccnc3cc(OCCCN4CCOCC4)ncc23)c(F)c1. The van der Waals surface area contributed by atoms with Crippen molar-refractivity contribution in [2.75, 3.05) is 45.2 Å². The second-order valence-electron chi connectivity index (χ2n) is 6.80. The van der Waals surface area contributed by atoms with Gasteiger partial charge < -0.3 is 19.9 Å². The molecule has 1 aromatic carbocycles. The second-order valence-corrected chi connectivity index (χ2v) is 6.80. The van der Waals surface area contributed by atoms with Gasteiger partial charge >= 0.3 is 0 Å². The molecule has 152 valence electrons. The molecule has 8 heteroatoms. The number of hydrogen-bond donors (Lipinski definition) is 1. The number of rotatable bonds is 7. The van der Waals surface area contributed by atoms with E-state index in [1.807, 2.05) is 0 Å². The lowest BCUT2D eigenvalue weighted by Gasteiger charge is -2.26. The Balaban J connectivity index is 1.40. The first-order chi connectivity index (χ1) is 14.2. The van der Waals surface area contributed by atoms with Crippen LogP contribution < -0.4 is 15.2 Å². The Morgan fingerprint density at radius 3 is 2.79 bits per heavy atom. The van der Waals surface area contributed by atoms with E-state index < -0.39 is 5.82 Å². The van der Waals surface area contributed by atoms with Gasteiger partial charge in [-0.2, -0.15) is 0 Å². The molecule has 0 amide bonds. The summed E-state index contributed by atoms with van der Waals surface area (Å²) in [5.41, 5.74) is 6.59. The van der Waals surface area contributed by atoms with Crippen LogP contribution in [0.5, 0.6) is 17.4 Å². The van der Waals surface area contributed by atoms with Crippen molar-refractivity contribution < 1.29 is 18.6 Å². The van der Waals surface area contributed by atoms with Crippen LogP contribution in [0.3, 0.4) is 0 Å². The monoisotopic (exact) mass is 398 g/mol. The number of halogens is 1. The Morgan fingerprint density at radius 1 is 1.10 bits per heavy atom. The molecular weight excluding hydrogens is 375 g/mol. The van der Waals surface area contributed by atoms with Crippen LogP contribution in [0.1, 0.15) is 6.42 Å². The van der Waals surface area contributed by atoms with Gasteiger partial charge in [-0.1, -0.05) is 0 Å². The zero-order valence-corrected chi connectivity index (χ0v) is 16.0. The zero-order valence-electron chi connectivity index (χ0n) is 16.0. The van der Waals surface area contributed by atoms with Gasteiger partial charge in [0.15, 0.2) is 11.6 Å². The molecule has 3 aromatic rings. The summed E-state index contributed by atoms with van der Waals surface area (Å²) < 4.78 is 30.9. The molecule has 0 spiro atoms. The third-order valence-corrected chi connectivity index (χ3v) is 4.71. The average Bonchev–Trinajstić information content (AvgIpc) is 2.74. The van der Waals surface area contributed by atoms with Crippen LogP contribution in [-0.4, -0.2) is 54.3 Å². The Labute approximate surface area is 168 Å². The minimum atomic E-state index is -0.525. The van der Waals surface area contributed by atoms with Crippen LogP contribution in [0, 0.1) is 5.82 Å². The number of aromatic nitrogens is 2. The first-order valence-corrected chi connectivity index (χ1v) is 9.59. The van der Waals surface area contributed by atoms with E-state index in [1.54, 1.807) is 30.6 Å². The van der Waals surface area contributed by atoms with Crippen LogP contribution >= 0.6 is 0 Å². The molecule has 1 aliphatic heterocycles. The molecule has 2 N–H and O–H groups in total. The normalized spacial score (nSPS) is 14.8. The molecule has 0 aliphatic carbocycles. The van der Waals surface area contributed by atoms with Gasteiger partial charge in [-0.15, -0.1) is 0 Å². The van der Waals surface area contributed by atoms with Crippen molar-refractivity contribution in [2.45, 2.75) is 6.42 Å². The maximum atomic E-state index is 14.0. The summed E-state index contributed by atoms with van der Waals surface area (Å²) >= 11 is 0. The van der Waals surface area contributed by atoms with E-state index in [0.29, 0.717) is 34.8 Å². The Morgan fingerprint density at radius 2 is 1.97 bits per heavy atom. The number of nitrogens with two attached hydrogens (primary N) is 1. The average molecular weight is 398 g/mol. The van der Waals surface area contributed by atoms with Crippen molar-refractivity contribution in [3.05, 3.63) is 48.5 Å². The summed E-state index contributed by atoms with van der Waals surface area (Å²) in [5.74, 6) is 0.533. The molecule has 0 saturated carbocycles. The summed E-state index contributed by atoms with van der Waals surface area (Å²) in [7, 11) is 0. The largest absolute Gasteiger partial charge is 0.478 e. The van der Waals surface area contributed by atoms with Crippen LogP contribution in [0.2, 0.25) is 0 Å². The third kappa shape index (κ3) is 4.90. The number of morpholine rings is 1. The van der Waals surface area contributed by atoms with E-state index in [2.05, 4.69) is 14.9 Å². The fourth-order valence-corrected chi connectivity index (χ4v) is 3.17. The van der Waals surface area contributed by atoms with Crippen molar-refractivity contribution >= 4 is 16.6 Å². The van der Waals surface area contributed by atoms with E-state index in [-0.39, 0.29) is 5.75 Å². The number of anilines is 1. The van der Waals surface area contributed by atoms with Crippen molar-refractivity contribution in [1.29, 1.82) is 0 Å². The van der Waals surface area contributed by atoms with Gasteiger partial charge in [-0.25, -0.2) is 9.37 Å². The van der Waals surface area contributed by atoms with Crippen LogP contribution in [0.4, 0.5) is 10.1 Å². The Bertz CT molecular complexity index is 979. The first kappa shape index (κ1) is 19.4. The van der Waals surface area contributed by atoms with Crippen molar-refractivity contribution in [2.24, 2.45) is 0 Å². The number of nitrogens with zero attached hydrogens (tertiary/aromatic N) is 3. The lowest BCUT2D eigenvalue weighted by molar-refractivity contribution is 0.0357. The second kappa shape index (κ2) is 9.02. The van der Waals surface area contributed by atoms with E-state index >= 15 is 0 Å². The summed E-state index contributed by atoms with van der Waals surface area (Å²) in [6.07, 6.45) is 4.14. The van der Waals surface area contributed by atoms with Crippen molar-refractivity contribution in [1.82, 2.24) is 14.9 Å². The molecule has 29 heavy (non-hydrogen) atoms. The maximum absolute atomic E-state index is 14.0. The predicted molar refractivity (Wildman–Crippen MR) is 108 cm³/mol. The minimum Gasteiger partial charge on any atom is -0.478 e. The topological polar surface area (TPSA) is 82.7 Å². The molecule has 1 aliphatic rings. The van der Waals surface area contributed by atoms with Gasteiger partial charge in [0.2, 0.25) is 5.88 Å². The zero-order chi connectivity index (χ0) is 20.1. The summed E-state index contributed by atoms with van der Waals surface area (Å²) in [5, 5.41) is 0.671. The number of benzene rings is 1. The highest BCUT2D eigenvalue weighted by Crippen LogP contribution is 2.31. The van der Waals surface area contributed by atoms with Crippen LogP contribution in [0.15, 0.2) is 42.7 Å². The molecule has 4 rings (SSSR count). The summed E-state index contributed by atoms with van der Waals surface area (Å²) in [4.78, 5) is 11.1. The van der Waals surface area contributed by atoms with E-state index in [1.165, 1.54) is 12.1 Å². The van der Waals surface area contributed by atoms with Crippen LogP contribution in [0.25, 0.3) is 10.9 Å². The highest BCUT2D eigenvalue weighted by molar-refractivity contribution is 5.85.